The van der Waals surface area contributed by atoms with E-state index in [1.807, 2.05) is 6.92 Å². The van der Waals surface area contributed by atoms with Crippen molar-refractivity contribution in [3.05, 3.63) is 83.0 Å². The van der Waals surface area contributed by atoms with Crippen molar-refractivity contribution in [1.29, 1.82) is 0 Å². The van der Waals surface area contributed by atoms with Crippen LogP contribution in [0.5, 0.6) is 0 Å². The van der Waals surface area contributed by atoms with Gasteiger partial charge < -0.3 is 14.7 Å². The summed E-state index contributed by atoms with van der Waals surface area (Å²) in [5.74, 6) is 0.475. The molecule has 1 unspecified atom stereocenters. The summed E-state index contributed by atoms with van der Waals surface area (Å²) < 4.78 is 20.1. The number of nitrogens with zero attached hydrogens (tertiary/aromatic N) is 3. The Morgan fingerprint density at radius 3 is 2.83 bits per heavy atom. The third-order valence-electron chi connectivity index (χ3n) is 4.91. The molecule has 0 amide bonds. The minimum atomic E-state index is -0.457. The number of nitrogens with one attached hydrogen (secondary N) is 2. The fourth-order valence-electron chi connectivity index (χ4n) is 3.53. The SMILES string of the molecule is CC(Nc1ncnc2nc[nH]c12)c1oc2ccccc2c(=O)c1-c1cccc(F)c1. The van der Waals surface area contributed by atoms with Crippen LogP contribution in [-0.4, -0.2) is 19.9 Å². The van der Waals surface area contributed by atoms with E-state index in [0.29, 0.717) is 44.8 Å². The van der Waals surface area contributed by atoms with Crippen molar-refractivity contribution in [3.8, 4) is 11.1 Å². The number of aromatic nitrogens is 4. The van der Waals surface area contributed by atoms with Gasteiger partial charge in [0.2, 0.25) is 5.43 Å². The van der Waals surface area contributed by atoms with Gasteiger partial charge in [0.1, 0.15) is 29.0 Å². The molecule has 0 radical (unpaired) electrons. The van der Waals surface area contributed by atoms with Crippen LogP contribution in [0.4, 0.5) is 10.2 Å². The molecular weight excluding hydrogens is 385 g/mol. The van der Waals surface area contributed by atoms with Crippen LogP contribution in [0.15, 0.2) is 70.4 Å². The molecule has 1 atom stereocenters. The van der Waals surface area contributed by atoms with Crippen LogP contribution in [0, 0.1) is 5.82 Å². The Hall–Kier alpha value is -4.07. The summed E-state index contributed by atoms with van der Waals surface area (Å²) in [5, 5.41) is 3.69. The van der Waals surface area contributed by atoms with E-state index in [-0.39, 0.29) is 5.43 Å². The third-order valence-corrected chi connectivity index (χ3v) is 4.91. The number of para-hydroxylation sites is 1. The number of anilines is 1. The highest BCUT2D eigenvalue weighted by Crippen LogP contribution is 2.31. The molecule has 30 heavy (non-hydrogen) atoms. The van der Waals surface area contributed by atoms with Crippen LogP contribution in [-0.2, 0) is 0 Å². The zero-order valence-corrected chi connectivity index (χ0v) is 15.9. The molecule has 0 spiro atoms. The molecule has 148 valence electrons. The maximum Gasteiger partial charge on any atom is 0.200 e. The average Bonchev–Trinajstić information content (AvgIpc) is 3.23. The van der Waals surface area contributed by atoms with Crippen molar-refractivity contribution in [2.45, 2.75) is 13.0 Å². The molecule has 0 aliphatic heterocycles. The van der Waals surface area contributed by atoms with Gasteiger partial charge >= 0.3 is 0 Å². The molecule has 3 aromatic heterocycles. The third kappa shape index (κ3) is 2.98. The number of hydrogen-bond donors (Lipinski definition) is 2. The minimum absolute atomic E-state index is 0.222. The fourth-order valence-corrected chi connectivity index (χ4v) is 3.53. The first-order chi connectivity index (χ1) is 14.6. The van der Waals surface area contributed by atoms with Gasteiger partial charge in [-0.15, -0.1) is 0 Å². The van der Waals surface area contributed by atoms with E-state index in [2.05, 4.69) is 25.3 Å². The second kappa shape index (κ2) is 7.07. The highest BCUT2D eigenvalue weighted by atomic mass is 19.1. The maximum absolute atomic E-state index is 13.9. The number of benzene rings is 2. The Kier molecular flexibility index (Phi) is 4.24. The molecule has 0 saturated heterocycles. The Morgan fingerprint density at radius 2 is 1.97 bits per heavy atom. The number of aromatic amines is 1. The molecule has 2 aromatic carbocycles. The zero-order chi connectivity index (χ0) is 20.7. The predicted octanol–water partition coefficient (Wildman–Crippen LogP) is 4.44. The highest BCUT2D eigenvalue weighted by molar-refractivity contribution is 5.84. The van der Waals surface area contributed by atoms with E-state index in [0.717, 1.165) is 0 Å². The number of hydrogen-bond acceptors (Lipinski definition) is 6. The standard InChI is InChI=1S/C22H16FN5O2/c1-12(28-22-18-21(25-10-24-18)26-11-27-22)20-17(13-5-4-6-14(23)9-13)19(29)15-7-2-3-8-16(15)30-20/h2-12H,1H3,(H2,24,25,26,27,28). The van der Waals surface area contributed by atoms with Crippen LogP contribution >= 0.6 is 0 Å². The Balaban J connectivity index is 1.70. The minimum Gasteiger partial charge on any atom is -0.458 e. The summed E-state index contributed by atoms with van der Waals surface area (Å²) in [7, 11) is 0. The van der Waals surface area contributed by atoms with Crippen LogP contribution in [0.2, 0.25) is 0 Å². The highest BCUT2D eigenvalue weighted by Gasteiger charge is 2.22. The number of halogens is 1. The average molecular weight is 401 g/mol. The monoisotopic (exact) mass is 401 g/mol. The van der Waals surface area contributed by atoms with Crippen LogP contribution in [0.25, 0.3) is 33.3 Å². The summed E-state index contributed by atoms with van der Waals surface area (Å²) in [6.45, 7) is 1.85. The number of imidazole rings is 1. The lowest BCUT2D eigenvalue weighted by atomic mass is 9.99. The van der Waals surface area contributed by atoms with Gasteiger partial charge in [0.25, 0.3) is 0 Å². The normalized spacial score (nSPS) is 12.3. The summed E-state index contributed by atoms with van der Waals surface area (Å²) in [6, 6.07) is 12.5. The van der Waals surface area contributed by atoms with Crippen LogP contribution in [0.3, 0.4) is 0 Å². The molecular formula is C22H16FN5O2. The Morgan fingerprint density at radius 1 is 1.10 bits per heavy atom. The van der Waals surface area contributed by atoms with Gasteiger partial charge in [-0.05, 0) is 36.8 Å². The van der Waals surface area contributed by atoms with Gasteiger partial charge in [0, 0.05) is 0 Å². The van der Waals surface area contributed by atoms with Gasteiger partial charge in [0.05, 0.1) is 23.3 Å². The molecule has 0 aliphatic carbocycles. The first kappa shape index (κ1) is 18.0. The second-order valence-electron chi connectivity index (χ2n) is 6.87. The first-order valence-electron chi connectivity index (χ1n) is 9.34. The van der Waals surface area contributed by atoms with E-state index in [4.69, 9.17) is 4.42 Å². The lowest BCUT2D eigenvalue weighted by Gasteiger charge is -2.18. The zero-order valence-electron chi connectivity index (χ0n) is 15.9. The van der Waals surface area contributed by atoms with E-state index in [1.165, 1.54) is 24.8 Å². The summed E-state index contributed by atoms with van der Waals surface area (Å²) >= 11 is 0. The topological polar surface area (TPSA) is 96.7 Å². The van der Waals surface area contributed by atoms with Crippen molar-refractivity contribution in [1.82, 2.24) is 19.9 Å². The first-order valence-corrected chi connectivity index (χ1v) is 9.34. The van der Waals surface area contributed by atoms with E-state index >= 15 is 0 Å². The van der Waals surface area contributed by atoms with E-state index in [9.17, 15) is 9.18 Å². The molecule has 0 aliphatic rings. The van der Waals surface area contributed by atoms with E-state index < -0.39 is 11.9 Å². The molecule has 5 rings (SSSR count). The quantitative estimate of drug-likeness (QED) is 0.462. The van der Waals surface area contributed by atoms with Gasteiger partial charge in [0.15, 0.2) is 11.5 Å². The van der Waals surface area contributed by atoms with Gasteiger partial charge in [-0.3, -0.25) is 4.79 Å². The molecule has 5 aromatic rings. The number of fused-ring (bicyclic) bond motifs is 2. The Bertz CT molecular complexity index is 1440. The fraction of sp³-hybridized carbons (Fsp3) is 0.0909. The van der Waals surface area contributed by atoms with Crippen LogP contribution in [0.1, 0.15) is 18.7 Å². The second-order valence-corrected chi connectivity index (χ2v) is 6.87. The van der Waals surface area contributed by atoms with Crippen molar-refractivity contribution in [3.63, 3.8) is 0 Å². The van der Waals surface area contributed by atoms with E-state index in [1.54, 1.807) is 36.4 Å². The van der Waals surface area contributed by atoms with Crippen LogP contribution < -0.4 is 10.7 Å². The molecule has 0 bridgehead atoms. The molecule has 7 nitrogen and oxygen atoms in total. The smallest absolute Gasteiger partial charge is 0.200 e. The summed E-state index contributed by atoms with van der Waals surface area (Å²) in [5.41, 5.74) is 2.15. The summed E-state index contributed by atoms with van der Waals surface area (Å²) in [6.07, 6.45) is 2.94. The Labute approximate surface area is 169 Å². The van der Waals surface area contributed by atoms with Gasteiger partial charge in [-0.1, -0.05) is 24.3 Å². The van der Waals surface area contributed by atoms with Crippen molar-refractivity contribution in [2.24, 2.45) is 0 Å². The van der Waals surface area contributed by atoms with Crippen molar-refractivity contribution >= 4 is 28.0 Å². The van der Waals surface area contributed by atoms with Crippen molar-refractivity contribution < 1.29 is 8.81 Å². The molecule has 8 heteroatoms. The molecule has 2 N–H and O–H groups in total. The summed E-state index contributed by atoms with van der Waals surface area (Å²) in [4.78, 5) is 28.8. The lowest BCUT2D eigenvalue weighted by molar-refractivity contribution is 0.515. The molecule has 0 saturated carbocycles. The molecule has 0 fully saturated rings. The van der Waals surface area contributed by atoms with Crippen molar-refractivity contribution in [2.75, 3.05) is 5.32 Å². The number of rotatable bonds is 4. The van der Waals surface area contributed by atoms with Gasteiger partial charge in [-0.2, -0.15) is 0 Å². The lowest BCUT2D eigenvalue weighted by Crippen LogP contribution is -2.16. The molecule has 3 heterocycles. The number of H-pyrrole nitrogens is 1. The predicted molar refractivity (Wildman–Crippen MR) is 112 cm³/mol. The van der Waals surface area contributed by atoms with Gasteiger partial charge in [-0.25, -0.2) is 19.3 Å². The maximum atomic E-state index is 13.9. The largest absolute Gasteiger partial charge is 0.458 e.